The molecule has 1 aromatic carbocycles. The summed E-state index contributed by atoms with van der Waals surface area (Å²) in [5, 5.41) is 3.27. The van der Waals surface area contributed by atoms with E-state index >= 15 is 0 Å². The van der Waals surface area contributed by atoms with Gasteiger partial charge in [-0.2, -0.15) is 0 Å². The zero-order valence-electron chi connectivity index (χ0n) is 16.4. The summed E-state index contributed by atoms with van der Waals surface area (Å²) in [6, 6.07) is 9.37. The standard InChI is InChI=1S/C21H31N3O3/c1-15-14-27-10-9-23(15)17-12-20(22-21(25)13-17)24-8-4-7-19(24)16-5-3-6-18(11-16)26-2/h3,5-6,11,15,17,19-20H,4,7-10,12-14H2,1-2H3,(H,22,25). The molecular formula is C21H31N3O3. The smallest absolute Gasteiger partial charge is 0.222 e. The Kier molecular flexibility index (Phi) is 5.66. The lowest BCUT2D eigenvalue weighted by molar-refractivity contribution is -0.130. The van der Waals surface area contributed by atoms with E-state index in [1.807, 2.05) is 6.07 Å². The molecule has 3 saturated heterocycles. The predicted octanol–water partition coefficient (Wildman–Crippen LogP) is 2.16. The van der Waals surface area contributed by atoms with Gasteiger partial charge in [0.2, 0.25) is 5.91 Å². The fourth-order valence-electron chi connectivity index (χ4n) is 4.98. The summed E-state index contributed by atoms with van der Waals surface area (Å²) in [5.41, 5.74) is 1.28. The Morgan fingerprint density at radius 2 is 2.15 bits per heavy atom. The second-order valence-corrected chi connectivity index (χ2v) is 8.01. The van der Waals surface area contributed by atoms with Crippen LogP contribution in [0.5, 0.6) is 5.75 Å². The van der Waals surface area contributed by atoms with Gasteiger partial charge in [-0.15, -0.1) is 0 Å². The number of morpholine rings is 1. The van der Waals surface area contributed by atoms with E-state index in [9.17, 15) is 4.79 Å². The molecule has 6 heteroatoms. The molecule has 1 amide bonds. The summed E-state index contributed by atoms with van der Waals surface area (Å²) in [6.07, 6.45) is 3.96. The molecule has 3 fully saturated rings. The molecule has 1 aromatic rings. The Balaban J connectivity index is 1.51. The highest BCUT2D eigenvalue weighted by atomic mass is 16.5. The maximum Gasteiger partial charge on any atom is 0.222 e. The van der Waals surface area contributed by atoms with E-state index in [-0.39, 0.29) is 12.1 Å². The molecule has 3 aliphatic heterocycles. The van der Waals surface area contributed by atoms with Crippen LogP contribution in [-0.2, 0) is 9.53 Å². The van der Waals surface area contributed by atoms with Gasteiger partial charge in [-0.1, -0.05) is 12.1 Å². The van der Waals surface area contributed by atoms with Gasteiger partial charge in [-0.05, 0) is 43.9 Å². The lowest BCUT2D eigenvalue weighted by Gasteiger charge is -2.45. The molecule has 3 aliphatic rings. The van der Waals surface area contributed by atoms with E-state index in [0.717, 1.165) is 51.3 Å². The van der Waals surface area contributed by atoms with Gasteiger partial charge < -0.3 is 14.8 Å². The van der Waals surface area contributed by atoms with Gasteiger partial charge >= 0.3 is 0 Å². The molecule has 0 radical (unpaired) electrons. The number of hydrogen-bond donors (Lipinski definition) is 1. The van der Waals surface area contributed by atoms with Crippen LogP contribution >= 0.6 is 0 Å². The van der Waals surface area contributed by atoms with Crippen molar-refractivity contribution in [2.24, 2.45) is 0 Å². The minimum Gasteiger partial charge on any atom is -0.497 e. The summed E-state index contributed by atoms with van der Waals surface area (Å²) >= 11 is 0. The summed E-state index contributed by atoms with van der Waals surface area (Å²) in [6.45, 7) is 5.68. The number of methoxy groups -OCH3 is 1. The van der Waals surface area contributed by atoms with Crippen LogP contribution in [0.2, 0.25) is 0 Å². The largest absolute Gasteiger partial charge is 0.497 e. The highest BCUT2D eigenvalue weighted by Gasteiger charge is 2.39. The molecule has 1 N–H and O–H groups in total. The lowest BCUT2D eigenvalue weighted by atomic mass is 9.97. The zero-order chi connectivity index (χ0) is 18.8. The number of nitrogens with zero attached hydrogens (tertiary/aromatic N) is 2. The first-order chi connectivity index (χ1) is 13.2. The first-order valence-electron chi connectivity index (χ1n) is 10.2. The number of carbonyl (C=O) groups is 1. The second-order valence-electron chi connectivity index (χ2n) is 8.01. The van der Waals surface area contributed by atoms with E-state index in [1.54, 1.807) is 7.11 Å². The quantitative estimate of drug-likeness (QED) is 0.877. The number of amides is 1. The minimum atomic E-state index is 0.102. The maximum atomic E-state index is 12.5. The average Bonchev–Trinajstić information content (AvgIpc) is 3.18. The average molecular weight is 373 g/mol. The molecule has 4 unspecified atom stereocenters. The number of carbonyl (C=O) groups excluding carboxylic acids is 1. The van der Waals surface area contributed by atoms with Gasteiger partial charge in [0, 0.05) is 37.6 Å². The number of nitrogens with one attached hydrogen (secondary N) is 1. The SMILES string of the molecule is COc1cccc(C2CCCN2C2CC(N3CCOCC3C)CC(=O)N2)c1. The Morgan fingerprint density at radius 3 is 2.96 bits per heavy atom. The molecule has 3 heterocycles. The van der Waals surface area contributed by atoms with E-state index in [1.165, 1.54) is 5.56 Å². The molecule has 0 aromatic heterocycles. The first-order valence-corrected chi connectivity index (χ1v) is 10.2. The first kappa shape index (κ1) is 18.7. The summed E-state index contributed by atoms with van der Waals surface area (Å²) in [7, 11) is 1.71. The number of benzene rings is 1. The third-order valence-corrected chi connectivity index (χ3v) is 6.31. The fourth-order valence-corrected chi connectivity index (χ4v) is 4.98. The maximum absolute atomic E-state index is 12.5. The second kappa shape index (κ2) is 8.17. The van der Waals surface area contributed by atoms with Crippen molar-refractivity contribution in [2.75, 3.05) is 33.4 Å². The molecule has 148 valence electrons. The van der Waals surface area contributed by atoms with Crippen LogP contribution in [-0.4, -0.2) is 67.4 Å². The van der Waals surface area contributed by atoms with Gasteiger partial charge in [0.1, 0.15) is 5.75 Å². The number of rotatable bonds is 4. The number of likely N-dealkylation sites (tertiary alicyclic amines) is 1. The number of piperidine rings is 1. The van der Waals surface area contributed by atoms with Crippen LogP contribution in [0.1, 0.15) is 44.2 Å². The molecular weight excluding hydrogens is 342 g/mol. The Morgan fingerprint density at radius 1 is 1.26 bits per heavy atom. The highest BCUT2D eigenvalue weighted by Crippen LogP contribution is 2.36. The van der Waals surface area contributed by atoms with Crippen LogP contribution in [0.4, 0.5) is 0 Å². The molecule has 0 spiro atoms. The predicted molar refractivity (Wildman–Crippen MR) is 104 cm³/mol. The van der Waals surface area contributed by atoms with Crippen LogP contribution in [0.25, 0.3) is 0 Å². The number of hydrogen-bond acceptors (Lipinski definition) is 5. The molecule has 0 saturated carbocycles. The number of ether oxygens (including phenoxy) is 2. The molecule has 4 atom stereocenters. The third-order valence-electron chi connectivity index (χ3n) is 6.31. The van der Waals surface area contributed by atoms with Gasteiger partial charge in [0.15, 0.2) is 0 Å². The monoisotopic (exact) mass is 373 g/mol. The van der Waals surface area contributed by atoms with Crippen molar-refractivity contribution in [3.8, 4) is 5.75 Å². The molecule has 0 aliphatic carbocycles. The fraction of sp³-hybridized carbons (Fsp3) is 0.667. The van der Waals surface area contributed by atoms with Crippen molar-refractivity contribution >= 4 is 5.91 Å². The summed E-state index contributed by atoms with van der Waals surface area (Å²) < 4.78 is 11.0. The summed E-state index contributed by atoms with van der Waals surface area (Å²) in [4.78, 5) is 17.5. The van der Waals surface area contributed by atoms with E-state index in [2.05, 4.69) is 40.2 Å². The van der Waals surface area contributed by atoms with Crippen LogP contribution in [0.15, 0.2) is 24.3 Å². The Labute approximate surface area is 161 Å². The molecule has 27 heavy (non-hydrogen) atoms. The van der Waals surface area contributed by atoms with Crippen LogP contribution in [0.3, 0.4) is 0 Å². The molecule has 6 nitrogen and oxygen atoms in total. The van der Waals surface area contributed by atoms with Crippen molar-refractivity contribution in [2.45, 2.75) is 56.9 Å². The minimum absolute atomic E-state index is 0.102. The topological polar surface area (TPSA) is 54.0 Å². The Hall–Kier alpha value is -1.63. The van der Waals surface area contributed by atoms with E-state index in [4.69, 9.17) is 9.47 Å². The van der Waals surface area contributed by atoms with Crippen molar-refractivity contribution < 1.29 is 14.3 Å². The van der Waals surface area contributed by atoms with Gasteiger partial charge in [0.05, 0.1) is 26.5 Å². The van der Waals surface area contributed by atoms with Gasteiger partial charge in [-0.3, -0.25) is 14.6 Å². The normalized spacial score (nSPS) is 33.0. The lowest BCUT2D eigenvalue weighted by Crippen LogP contribution is -2.59. The van der Waals surface area contributed by atoms with Crippen molar-refractivity contribution in [1.82, 2.24) is 15.1 Å². The van der Waals surface area contributed by atoms with Crippen molar-refractivity contribution in [3.63, 3.8) is 0 Å². The molecule has 0 bridgehead atoms. The van der Waals surface area contributed by atoms with Gasteiger partial charge in [0.25, 0.3) is 0 Å². The van der Waals surface area contributed by atoms with Crippen LogP contribution < -0.4 is 10.1 Å². The van der Waals surface area contributed by atoms with Crippen molar-refractivity contribution in [3.05, 3.63) is 29.8 Å². The molecule has 4 rings (SSSR count). The summed E-state index contributed by atoms with van der Waals surface area (Å²) in [5.74, 6) is 1.07. The van der Waals surface area contributed by atoms with E-state index < -0.39 is 0 Å². The van der Waals surface area contributed by atoms with E-state index in [0.29, 0.717) is 24.5 Å². The highest BCUT2D eigenvalue weighted by molar-refractivity contribution is 5.77. The zero-order valence-corrected chi connectivity index (χ0v) is 16.4. The van der Waals surface area contributed by atoms with Crippen molar-refractivity contribution in [1.29, 1.82) is 0 Å². The Bertz CT molecular complexity index is 668. The van der Waals surface area contributed by atoms with Gasteiger partial charge in [-0.25, -0.2) is 0 Å². The van der Waals surface area contributed by atoms with Crippen LogP contribution in [0, 0.1) is 0 Å². The third kappa shape index (κ3) is 3.98.